The number of rotatable bonds is 11. The van der Waals surface area contributed by atoms with Crippen molar-refractivity contribution >= 4 is 48.5 Å². The van der Waals surface area contributed by atoms with Gasteiger partial charge in [0, 0.05) is 24.3 Å². The number of halogens is 1. The highest BCUT2D eigenvalue weighted by Gasteiger charge is 2.60. The van der Waals surface area contributed by atoms with E-state index in [1.54, 1.807) is 52.0 Å². The van der Waals surface area contributed by atoms with Crippen LogP contribution in [0.1, 0.15) is 64.9 Å². The van der Waals surface area contributed by atoms with Crippen molar-refractivity contribution in [1.82, 2.24) is 19.5 Å². The van der Waals surface area contributed by atoms with Crippen molar-refractivity contribution in [3.63, 3.8) is 0 Å². The van der Waals surface area contributed by atoms with E-state index in [9.17, 15) is 14.2 Å². The number of ether oxygens (including phenoxy) is 4. The Morgan fingerprint density at radius 2 is 1.98 bits per heavy atom. The fourth-order valence-corrected chi connectivity index (χ4v) is 6.78. The highest BCUT2D eigenvalue weighted by molar-refractivity contribution is 7.48. The molecule has 2 aromatic heterocycles. The number of esters is 2. The lowest BCUT2D eigenvalue weighted by atomic mass is 9.95. The van der Waals surface area contributed by atoms with Gasteiger partial charge in [0.1, 0.15) is 6.10 Å². The van der Waals surface area contributed by atoms with Crippen molar-refractivity contribution < 1.29 is 46.7 Å². The molecule has 4 heterocycles. The summed E-state index contributed by atoms with van der Waals surface area (Å²) in [7, 11) is -4.13. The van der Waals surface area contributed by atoms with Crippen LogP contribution in [0.2, 0.25) is 5.02 Å². The summed E-state index contributed by atoms with van der Waals surface area (Å²) < 4.78 is 55.9. The van der Waals surface area contributed by atoms with Crippen LogP contribution in [0.5, 0.6) is 5.88 Å². The number of carbonyl (C=O) groups is 2. The zero-order chi connectivity index (χ0) is 32.4. The summed E-state index contributed by atoms with van der Waals surface area (Å²) in [5, 5.41) is 0.498. The monoisotopic (exact) mass is 667 g/mol. The van der Waals surface area contributed by atoms with E-state index in [1.165, 1.54) is 10.9 Å². The van der Waals surface area contributed by atoms with Gasteiger partial charge in [-0.05, 0) is 31.5 Å². The van der Waals surface area contributed by atoms with Gasteiger partial charge in [0.05, 0.1) is 32.3 Å². The third-order valence-corrected chi connectivity index (χ3v) is 9.02. The van der Waals surface area contributed by atoms with E-state index >= 15 is 0 Å². The summed E-state index contributed by atoms with van der Waals surface area (Å²) >= 11 is 6.14. The molecular weight excluding hydrogens is 633 g/mol. The lowest BCUT2D eigenvalue weighted by molar-refractivity contribution is -0.187. The lowest BCUT2D eigenvalue weighted by Crippen LogP contribution is -2.50. The maximum atomic E-state index is 13.6. The molecule has 2 N–H and O–H groups in total. The van der Waals surface area contributed by atoms with Gasteiger partial charge in [-0.1, -0.05) is 37.6 Å². The first kappa shape index (κ1) is 33.0. The molecule has 0 spiro atoms. The number of benzene rings is 1. The predicted octanol–water partition coefficient (Wildman–Crippen LogP) is 4.69. The highest BCUT2D eigenvalue weighted by atomic mass is 35.5. The molecule has 244 valence electrons. The molecule has 5 rings (SSSR count). The summed E-state index contributed by atoms with van der Waals surface area (Å²) in [6.45, 7) is 6.54. The Morgan fingerprint density at radius 1 is 1.20 bits per heavy atom. The van der Waals surface area contributed by atoms with E-state index in [4.69, 9.17) is 49.9 Å². The third-order valence-electron chi connectivity index (χ3n) is 7.31. The Labute approximate surface area is 264 Å². The van der Waals surface area contributed by atoms with Crippen LogP contribution in [0.3, 0.4) is 0 Å². The predicted molar refractivity (Wildman–Crippen MR) is 159 cm³/mol. The van der Waals surface area contributed by atoms with Crippen molar-refractivity contribution in [2.24, 2.45) is 0 Å². The average molecular weight is 668 g/mol. The summed E-state index contributed by atoms with van der Waals surface area (Å²) in [4.78, 5) is 38.3. The minimum absolute atomic E-state index is 0.0218. The Kier molecular flexibility index (Phi) is 9.97. The first-order chi connectivity index (χ1) is 21.5. The van der Waals surface area contributed by atoms with Crippen LogP contribution < -0.4 is 10.5 Å². The average Bonchev–Trinajstić information content (AvgIpc) is 3.54. The zero-order valence-corrected chi connectivity index (χ0v) is 26.9. The SMILES string of the molecule is CCOc1nc(N)nc2c1ncn2[C@@H]1O[C@H](COP2(=O)OCC[C@@H](c3cccc(Cl)c3)O2)[C@@H](OC(=O)CC)[C@@]1(C)OC(=O)CC. The molecule has 0 bridgehead atoms. The molecule has 1 unspecified atom stereocenters. The highest BCUT2D eigenvalue weighted by Crippen LogP contribution is 2.58. The molecule has 15 nitrogen and oxygen atoms in total. The minimum atomic E-state index is -4.13. The number of phosphoric ester groups is 1. The number of anilines is 1. The van der Waals surface area contributed by atoms with Crippen LogP contribution in [0.25, 0.3) is 11.2 Å². The molecule has 0 radical (unpaired) electrons. The molecule has 0 amide bonds. The van der Waals surface area contributed by atoms with E-state index in [1.807, 2.05) is 0 Å². The van der Waals surface area contributed by atoms with E-state index in [0.29, 0.717) is 23.6 Å². The topological polar surface area (TPSA) is 185 Å². The van der Waals surface area contributed by atoms with Crippen LogP contribution in [0, 0.1) is 0 Å². The molecule has 2 aliphatic rings. The fraction of sp³-hybridized carbons (Fsp3) is 0.536. The zero-order valence-electron chi connectivity index (χ0n) is 25.2. The molecule has 2 fully saturated rings. The molecule has 0 aliphatic carbocycles. The first-order valence-electron chi connectivity index (χ1n) is 14.5. The normalized spacial score (nSPS) is 28.2. The molecule has 17 heteroatoms. The largest absolute Gasteiger partial charge is 0.476 e. The lowest BCUT2D eigenvalue weighted by Gasteiger charge is -2.34. The second kappa shape index (κ2) is 13.6. The van der Waals surface area contributed by atoms with E-state index < -0.39 is 56.5 Å². The molecule has 6 atom stereocenters. The van der Waals surface area contributed by atoms with Crippen LogP contribution in [0.4, 0.5) is 5.95 Å². The summed E-state index contributed by atoms with van der Waals surface area (Å²) in [6.07, 6.45) is -2.26. The van der Waals surface area contributed by atoms with Crippen molar-refractivity contribution in [3.8, 4) is 5.88 Å². The van der Waals surface area contributed by atoms with Crippen LogP contribution >= 0.6 is 19.4 Å². The number of fused-ring (bicyclic) bond motifs is 1. The third kappa shape index (κ3) is 6.93. The molecule has 1 aromatic carbocycles. The fourth-order valence-electron chi connectivity index (χ4n) is 5.19. The van der Waals surface area contributed by atoms with Gasteiger partial charge in [-0.15, -0.1) is 0 Å². The minimum Gasteiger partial charge on any atom is -0.476 e. The van der Waals surface area contributed by atoms with Gasteiger partial charge in [0.25, 0.3) is 0 Å². The number of phosphoric acid groups is 1. The van der Waals surface area contributed by atoms with Gasteiger partial charge in [0.15, 0.2) is 29.1 Å². The Bertz CT molecular complexity index is 1610. The Balaban J connectivity index is 1.48. The van der Waals surface area contributed by atoms with E-state index in [2.05, 4.69) is 15.0 Å². The standard InChI is InChI=1S/C28H35ClN5O10P/c1-5-20(35)42-23-19(14-40-45(37)39-12-11-18(44-45)16-9-8-10-17(29)13-16)41-26(28(23,4)43-21(36)6-2)34-15-31-22-24(34)32-27(30)33-25(22)38-7-3/h8-10,13,15,18-19,23,26H,5-7,11-12,14H2,1-4H3,(H2,30,32,33)/t18-,19+,23+,26+,28+,45?/m0/s1. The molecular formula is C28H35ClN5O10P. The van der Waals surface area contributed by atoms with Gasteiger partial charge in [-0.2, -0.15) is 9.97 Å². The van der Waals surface area contributed by atoms with Crippen LogP contribution in [0.15, 0.2) is 30.6 Å². The number of nitrogen functional groups attached to an aromatic ring is 1. The van der Waals surface area contributed by atoms with Gasteiger partial charge in [-0.25, -0.2) is 9.55 Å². The molecule has 2 saturated heterocycles. The van der Waals surface area contributed by atoms with Crippen LogP contribution in [-0.4, -0.2) is 69.1 Å². The van der Waals surface area contributed by atoms with Gasteiger partial charge >= 0.3 is 19.8 Å². The number of carbonyl (C=O) groups excluding carboxylic acids is 2. The number of aromatic nitrogens is 4. The molecule has 3 aromatic rings. The van der Waals surface area contributed by atoms with Gasteiger partial charge in [0.2, 0.25) is 11.8 Å². The summed E-state index contributed by atoms with van der Waals surface area (Å²) in [5.41, 5.74) is 5.53. The summed E-state index contributed by atoms with van der Waals surface area (Å²) in [6, 6.07) is 6.99. The second-order valence-corrected chi connectivity index (χ2v) is 12.5. The molecule has 0 saturated carbocycles. The molecule has 2 aliphatic heterocycles. The van der Waals surface area contributed by atoms with Crippen LogP contribution in [-0.2, 0) is 41.9 Å². The maximum absolute atomic E-state index is 13.6. The smallest absolute Gasteiger partial charge is 0.475 e. The Hall–Kier alpha value is -3.33. The first-order valence-corrected chi connectivity index (χ1v) is 16.4. The van der Waals surface area contributed by atoms with Crippen molar-refractivity contribution in [2.75, 3.05) is 25.6 Å². The molecule has 45 heavy (non-hydrogen) atoms. The number of imidazole rings is 1. The number of hydrogen-bond donors (Lipinski definition) is 1. The Morgan fingerprint density at radius 3 is 2.69 bits per heavy atom. The maximum Gasteiger partial charge on any atom is 0.475 e. The van der Waals surface area contributed by atoms with Gasteiger partial charge in [-0.3, -0.25) is 27.7 Å². The van der Waals surface area contributed by atoms with Crippen molar-refractivity contribution in [1.29, 1.82) is 0 Å². The van der Waals surface area contributed by atoms with E-state index in [-0.39, 0.29) is 42.4 Å². The number of hydrogen-bond acceptors (Lipinski definition) is 14. The number of nitrogens with zero attached hydrogens (tertiary/aromatic N) is 4. The second-order valence-electron chi connectivity index (χ2n) is 10.5. The van der Waals surface area contributed by atoms with Crippen molar-refractivity contribution in [3.05, 3.63) is 41.2 Å². The van der Waals surface area contributed by atoms with Crippen molar-refractivity contribution in [2.45, 2.75) is 77.1 Å². The summed E-state index contributed by atoms with van der Waals surface area (Å²) in [5.74, 6) is -1.12. The number of nitrogens with two attached hydrogens (primary N) is 1. The quantitative estimate of drug-likeness (QED) is 0.219. The van der Waals surface area contributed by atoms with Gasteiger partial charge < -0.3 is 24.7 Å². The van der Waals surface area contributed by atoms with E-state index in [0.717, 1.165) is 0 Å².